The van der Waals surface area contributed by atoms with Crippen molar-refractivity contribution in [1.29, 1.82) is 0 Å². The number of carboxylic acid groups (broad SMARTS) is 1. The van der Waals surface area contributed by atoms with Gasteiger partial charge in [-0.05, 0) is 25.8 Å². The van der Waals surface area contributed by atoms with Gasteiger partial charge in [-0.2, -0.15) is 0 Å². The van der Waals surface area contributed by atoms with Gasteiger partial charge in [-0.3, -0.25) is 0 Å². The van der Waals surface area contributed by atoms with Gasteiger partial charge in [-0.15, -0.1) is 0 Å². The number of aromatic nitrogens is 1. The van der Waals surface area contributed by atoms with E-state index < -0.39 is 22.1 Å². The van der Waals surface area contributed by atoms with Gasteiger partial charge in [0, 0.05) is 19.3 Å². The van der Waals surface area contributed by atoms with Crippen LogP contribution in [0.4, 0.5) is 0 Å². The highest BCUT2D eigenvalue weighted by molar-refractivity contribution is 7.89. The van der Waals surface area contributed by atoms with Crippen LogP contribution in [-0.2, 0) is 16.6 Å². The monoisotopic (exact) mass is 304 g/mol. The molecule has 0 saturated heterocycles. The maximum Gasteiger partial charge on any atom is 0.352 e. The Morgan fingerprint density at radius 1 is 1.45 bits per heavy atom. The third-order valence-electron chi connectivity index (χ3n) is 2.98. The second-order valence-corrected chi connectivity index (χ2v) is 6.17. The van der Waals surface area contributed by atoms with E-state index in [-0.39, 0.29) is 17.1 Å². The van der Waals surface area contributed by atoms with Crippen LogP contribution in [0.2, 0.25) is 0 Å². The fourth-order valence-corrected chi connectivity index (χ4v) is 2.80. The van der Waals surface area contributed by atoms with Gasteiger partial charge in [-0.1, -0.05) is 6.92 Å². The van der Waals surface area contributed by atoms with Crippen molar-refractivity contribution in [3.05, 3.63) is 18.0 Å². The first-order chi connectivity index (χ1) is 9.31. The van der Waals surface area contributed by atoms with E-state index in [2.05, 4.69) is 4.72 Å². The average Bonchev–Trinajstić information content (AvgIpc) is 2.83. The summed E-state index contributed by atoms with van der Waals surface area (Å²) in [6.07, 6.45) is 1.61. The Hall–Kier alpha value is -1.38. The second-order valence-electron chi connectivity index (χ2n) is 4.40. The fourth-order valence-electron chi connectivity index (χ4n) is 1.72. The molecule has 1 atom stereocenters. The number of nitrogens with zero attached hydrogens (tertiary/aromatic N) is 1. The maximum atomic E-state index is 12.0. The number of hydrogen-bond acceptors (Lipinski definition) is 4. The van der Waals surface area contributed by atoms with Crippen LogP contribution < -0.4 is 4.72 Å². The molecule has 1 aromatic rings. The number of hydrogen-bond donors (Lipinski definition) is 3. The molecule has 0 saturated carbocycles. The number of carboxylic acids is 1. The first-order valence-electron chi connectivity index (χ1n) is 6.43. The molecule has 114 valence electrons. The smallest absolute Gasteiger partial charge is 0.352 e. The van der Waals surface area contributed by atoms with E-state index in [1.807, 2.05) is 0 Å². The second kappa shape index (κ2) is 6.87. The minimum atomic E-state index is -3.75. The molecule has 0 radical (unpaired) electrons. The number of aliphatic hydroxyl groups excluding tert-OH is 1. The van der Waals surface area contributed by atoms with Crippen molar-refractivity contribution in [3.63, 3.8) is 0 Å². The Labute approximate surface area is 118 Å². The minimum absolute atomic E-state index is 0.0681. The van der Waals surface area contributed by atoms with Crippen molar-refractivity contribution in [2.45, 2.75) is 44.2 Å². The highest BCUT2D eigenvalue weighted by Crippen LogP contribution is 2.14. The number of nitrogens with one attached hydrogen (secondary N) is 1. The predicted molar refractivity (Wildman–Crippen MR) is 73.2 cm³/mol. The quantitative estimate of drug-likeness (QED) is 0.653. The number of carbonyl (C=O) groups is 1. The van der Waals surface area contributed by atoms with Crippen molar-refractivity contribution in [2.75, 3.05) is 6.54 Å². The van der Waals surface area contributed by atoms with Gasteiger partial charge in [0.15, 0.2) is 0 Å². The SMILES string of the molecule is CCC(O)CCNS(=O)(=O)c1cc(C(=O)O)n(CC)c1. The topological polar surface area (TPSA) is 109 Å². The average molecular weight is 304 g/mol. The number of aliphatic hydroxyl groups is 1. The van der Waals surface area contributed by atoms with Crippen LogP contribution in [0.5, 0.6) is 0 Å². The van der Waals surface area contributed by atoms with Crippen molar-refractivity contribution < 1.29 is 23.4 Å². The van der Waals surface area contributed by atoms with Crippen LogP contribution in [0.25, 0.3) is 0 Å². The van der Waals surface area contributed by atoms with Crippen LogP contribution in [0.1, 0.15) is 37.2 Å². The Bertz CT molecular complexity index is 564. The summed E-state index contributed by atoms with van der Waals surface area (Å²) < 4.78 is 27.7. The van der Waals surface area contributed by atoms with Gasteiger partial charge in [0.1, 0.15) is 10.6 Å². The normalized spacial score (nSPS) is 13.3. The van der Waals surface area contributed by atoms with Crippen molar-refractivity contribution in [2.24, 2.45) is 0 Å². The summed E-state index contributed by atoms with van der Waals surface area (Å²) in [6.45, 7) is 4.01. The lowest BCUT2D eigenvalue weighted by Crippen LogP contribution is -2.27. The van der Waals surface area contributed by atoms with E-state index in [9.17, 15) is 18.3 Å². The van der Waals surface area contributed by atoms with E-state index in [0.29, 0.717) is 19.4 Å². The molecule has 0 aliphatic rings. The summed E-state index contributed by atoms with van der Waals surface area (Å²) in [6, 6.07) is 1.13. The first kappa shape index (κ1) is 16.7. The molecule has 0 aliphatic heterocycles. The van der Waals surface area contributed by atoms with Gasteiger partial charge >= 0.3 is 5.97 Å². The lowest BCUT2D eigenvalue weighted by Gasteiger charge is -2.08. The molecule has 1 rings (SSSR count). The highest BCUT2D eigenvalue weighted by Gasteiger charge is 2.20. The van der Waals surface area contributed by atoms with Gasteiger partial charge in [0.2, 0.25) is 10.0 Å². The molecule has 3 N–H and O–H groups in total. The molecule has 8 heteroatoms. The molecule has 0 aromatic carbocycles. The summed E-state index contributed by atoms with van der Waals surface area (Å²) in [5, 5.41) is 18.4. The molecule has 1 heterocycles. The molecule has 0 fully saturated rings. The molecule has 1 unspecified atom stereocenters. The molecule has 1 aromatic heterocycles. The lowest BCUT2D eigenvalue weighted by atomic mass is 10.2. The van der Waals surface area contributed by atoms with E-state index in [4.69, 9.17) is 5.11 Å². The van der Waals surface area contributed by atoms with Gasteiger partial charge in [0.25, 0.3) is 0 Å². The molecule has 0 aliphatic carbocycles. The number of aryl methyl sites for hydroxylation is 1. The van der Waals surface area contributed by atoms with Crippen molar-refractivity contribution >= 4 is 16.0 Å². The van der Waals surface area contributed by atoms with Gasteiger partial charge in [-0.25, -0.2) is 17.9 Å². The van der Waals surface area contributed by atoms with Crippen LogP contribution >= 0.6 is 0 Å². The number of rotatable bonds is 8. The predicted octanol–water partition coefficient (Wildman–Crippen LogP) is 0.645. The zero-order valence-electron chi connectivity index (χ0n) is 11.5. The third kappa shape index (κ3) is 4.06. The van der Waals surface area contributed by atoms with Gasteiger partial charge in [0.05, 0.1) is 6.10 Å². The zero-order chi connectivity index (χ0) is 15.3. The van der Waals surface area contributed by atoms with Gasteiger partial charge < -0.3 is 14.8 Å². The van der Waals surface area contributed by atoms with Crippen LogP contribution in [0.3, 0.4) is 0 Å². The molecule has 20 heavy (non-hydrogen) atoms. The summed E-state index contributed by atoms with van der Waals surface area (Å²) in [5.74, 6) is -1.17. The minimum Gasteiger partial charge on any atom is -0.477 e. The summed E-state index contributed by atoms with van der Waals surface area (Å²) >= 11 is 0. The summed E-state index contributed by atoms with van der Waals surface area (Å²) in [7, 11) is -3.75. The van der Waals surface area contributed by atoms with Crippen LogP contribution in [0.15, 0.2) is 17.2 Å². The standard InChI is InChI=1S/C12H20N2O5S/c1-3-9(15)5-6-13-20(18,19)10-7-11(12(16)17)14(4-2)8-10/h7-9,13,15H,3-6H2,1-2H3,(H,16,17). The molecule has 0 amide bonds. The molecule has 0 spiro atoms. The van der Waals surface area contributed by atoms with Crippen LogP contribution in [-0.4, -0.2) is 41.8 Å². The Kier molecular flexibility index (Phi) is 5.73. The number of sulfonamides is 1. The first-order valence-corrected chi connectivity index (χ1v) is 7.91. The molecule has 7 nitrogen and oxygen atoms in total. The maximum absolute atomic E-state index is 12.0. The van der Waals surface area contributed by atoms with Crippen molar-refractivity contribution in [3.8, 4) is 0 Å². The fraction of sp³-hybridized carbons (Fsp3) is 0.583. The van der Waals surface area contributed by atoms with E-state index in [0.717, 1.165) is 6.07 Å². The Morgan fingerprint density at radius 3 is 2.55 bits per heavy atom. The Morgan fingerprint density at radius 2 is 2.10 bits per heavy atom. The highest BCUT2D eigenvalue weighted by atomic mass is 32.2. The van der Waals surface area contributed by atoms with Crippen molar-refractivity contribution in [1.82, 2.24) is 9.29 Å². The zero-order valence-corrected chi connectivity index (χ0v) is 12.4. The summed E-state index contributed by atoms with van der Waals surface area (Å²) in [5.41, 5.74) is -0.0681. The lowest BCUT2D eigenvalue weighted by molar-refractivity contribution is 0.0685. The van der Waals surface area contributed by atoms with E-state index in [1.165, 1.54) is 10.8 Å². The molecule has 0 bridgehead atoms. The Balaban J connectivity index is 2.85. The molecular weight excluding hydrogens is 284 g/mol. The van der Waals surface area contributed by atoms with E-state index >= 15 is 0 Å². The largest absolute Gasteiger partial charge is 0.477 e. The molecular formula is C12H20N2O5S. The van der Waals surface area contributed by atoms with E-state index in [1.54, 1.807) is 13.8 Å². The van der Waals surface area contributed by atoms with Crippen LogP contribution in [0, 0.1) is 0 Å². The number of aromatic carboxylic acids is 1. The third-order valence-corrected chi connectivity index (χ3v) is 4.41. The summed E-state index contributed by atoms with van der Waals surface area (Å²) in [4.78, 5) is 10.9.